The highest BCUT2D eigenvalue weighted by atomic mass is 19.1. The molecule has 9 heteroatoms. The molecule has 1 aliphatic rings. The predicted octanol–water partition coefficient (Wildman–Crippen LogP) is 4.02. The van der Waals surface area contributed by atoms with Crippen LogP contribution in [0.3, 0.4) is 0 Å². The van der Waals surface area contributed by atoms with Gasteiger partial charge in [0.25, 0.3) is 5.91 Å². The van der Waals surface area contributed by atoms with E-state index < -0.39 is 5.54 Å². The number of carbonyl (C=O) groups is 2. The Morgan fingerprint density at radius 1 is 1.14 bits per heavy atom. The van der Waals surface area contributed by atoms with Crippen LogP contribution in [0.5, 0.6) is 5.75 Å². The number of halogens is 1. The average molecular weight is 489 g/mol. The zero-order chi connectivity index (χ0) is 25.3. The van der Waals surface area contributed by atoms with E-state index in [1.54, 1.807) is 60.2 Å². The number of hydrogen-bond acceptors (Lipinski definition) is 5. The summed E-state index contributed by atoms with van der Waals surface area (Å²) in [6, 6.07) is 18.5. The Morgan fingerprint density at radius 3 is 2.53 bits per heavy atom. The van der Waals surface area contributed by atoms with Crippen LogP contribution in [-0.4, -0.2) is 39.1 Å². The highest BCUT2D eigenvalue weighted by molar-refractivity contribution is 6.00. The number of ether oxygens (including phenoxy) is 1. The summed E-state index contributed by atoms with van der Waals surface area (Å²) in [5.74, 6) is 0.230. The van der Waals surface area contributed by atoms with E-state index >= 15 is 0 Å². The molecule has 184 valence electrons. The van der Waals surface area contributed by atoms with Gasteiger partial charge < -0.3 is 19.4 Å². The fourth-order valence-electron chi connectivity index (χ4n) is 4.32. The lowest BCUT2D eigenvalue weighted by Crippen LogP contribution is -2.63. The van der Waals surface area contributed by atoms with Crippen LogP contribution < -0.4 is 10.1 Å². The van der Waals surface area contributed by atoms with Crippen molar-refractivity contribution < 1.29 is 23.1 Å². The SMILES string of the molecule is COc1ccc(CN2C(=O)c3cc(-c4ccco4)nn3C[C@@]2(C)C(=O)NCc2ccc(F)cc2)cc1. The van der Waals surface area contributed by atoms with E-state index in [2.05, 4.69) is 10.4 Å². The fraction of sp³-hybridized carbons (Fsp3) is 0.222. The molecule has 0 saturated heterocycles. The first-order valence-corrected chi connectivity index (χ1v) is 11.5. The first kappa shape index (κ1) is 23.3. The summed E-state index contributed by atoms with van der Waals surface area (Å²) in [6.07, 6.45) is 1.54. The minimum Gasteiger partial charge on any atom is -0.497 e. The molecule has 8 nitrogen and oxygen atoms in total. The quantitative estimate of drug-likeness (QED) is 0.424. The number of amides is 2. The first-order valence-electron chi connectivity index (χ1n) is 11.5. The Morgan fingerprint density at radius 2 is 1.86 bits per heavy atom. The summed E-state index contributed by atoms with van der Waals surface area (Å²) < 4.78 is 25.5. The van der Waals surface area contributed by atoms with Crippen LogP contribution in [0.1, 0.15) is 28.5 Å². The minimum absolute atomic E-state index is 0.153. The van der Waals surface area contributed by atoms with E-state index in [0.717, 1.165) is 11.1 Å². The number of aromatic nitrogens is 2. The molecular formula is C27H25FN4O4. The topological polar surface area (TPSA) is 89.6 Å². The van der Waals surface area contributed by atoms with Crippen molar-refractivity contribution in [1.82, 2.24) is 20.0 Å². The summed E-state index contributed by atoms with van der Waals surface area (Å²) in [7, 11) is 1.59. The molecular weight excluding hydrogens is 463 g/mol. The predicted molar refractivity (Wildman–Crippen MR) is 129 cm³/mol. The molecule has 2 aromatic heterocycles. The molecule has 0 fully saturated rings. The Kier molecular flexibility index (Phi) is 6.05. The van der Waals surface area contributed by atoms with E-state index in [0.29, 0.717) is 22.9 Å². The van der Waals surface area contributed by atoms with Crippen molar-refractivity contribution in [2.45, 2.75) is 32.1 Å². The zero-order valence-electron chi connectivity index (χ0n) is 19.9. The van der Waals surface area contributed by atoms with Crippen molar-refractivity contribution in [3.05, 3.63) is 95.6 Å². The van der Waals surface area contributed by atoms with Gasteiger partial charge in [0, 0.05) is 19.2 Å². The minimum atomic E-state index is -1.24. The van der Waals surface area contributed by atoms with Gasteiger partial charge in [0.1, 0.15) is 28.5 Å². The molecule has 0 spiro atoms. The summed E-state index contributed by atoms with van der Waals surface area (Å²) in [5, 5.41) is 7.46. The number of methoxy groups -OCH3 is 1. The van der Waals surface area contributed by atoms with Crippen LogP contribution in [-0.2, 0) is 24.4 Å². The second-order valence-corrected chi connectivity index (χ2v) is 8.87. The number of rotatable bonds is 7. The summed E-state index contributed by atoms with van der Waals surface area (Å²) in [6.45, 7) is 2.29. The van der Waals surface area contributed by atoms with Crippen LogP contribution >= 0.6 is 0 Å². The van der Waals surface area contributed by atoms with E-state index in [9.17, 15) is 14.0 Å². The number of hydrogen-bond donors (Lipinski definition) is 1. The number of carbonyl (C=O) groups excluding carboxylic acids is 2. The number of nitrogens with zero attached hydrogens (tertiary/aromatic N) is 3. The Hall–Kier alpha value is -4.40. The lowest BCUT2D eigenvalue weighted by Gasteiger charge is -2.43. The normalized spacial score (nSPS) is 17.1. The lowest BCUT2D eigenvalue weighted by molar-refractivity contribution is -0.133. The number of furan rings is 1. The Balaban J connectivity index is 1.47. The molecule has 2 aromatic carbocycles. The lowest BCUT2D eigenvalue weighted by atomic mass is 9.94. The van der Waals surface area contributed by atoms with Gasteiger partial charge in [-0.25, -0.2) is 4.39 Å². The largest absolute Gasteiger partial charge is 0.497 e. The van der Waals surface area contributed by atoms with Crippen LogP contribution in [0.15, 0.2) is 77.4 Å². The molecule has 0 unspecified atom stereocenters. The maximum Gasteiger partial charge on any atom is 0.273 e. The fourth-order valence-corrected chi connectivity index (χ4v) is 4.32. The third-order valence-electron chi connectivity index (χ3n) is 6.43. The molecule has 5 rings (SSSR count). The maximum absolute atomic E-state index is 13.7. The van der Waals surface area contributed by atoms with Crippen LogP contribution in [0.25, 0.3) is 11.5 Å². The van der Waals surface area contributed by atoms with Gasteiger partial charge in [-0.15, -0.1) is 0 Å². The van der Waals surface area contributed by atoms with Crippen molar-refractivity contribution in [3.8, 4) is 17.2 Å². The molecule has 3 heterocycles. The van der Waals surface area contributed by atoms with Gasteiger partial charge in [0.05, 0.1) is 19.9 Å². The van der Waals surface area contributed by atoms with Gasteiger partial charge in [0.2, 0.25) is 5.91 Å². The first-order chi connectivity index (χ1) is 17.4. The second kappa shape index (κ2) is 9.33. The van der Waals surface area contributed by atoms with Gasteiger partial charge in [-0.3, -0.25) is 14.3 Å². The van der Waals surface area contributed by atoms with Gasteiger partial charge >= 0.3 is 0 Å². The average Bonchev–Trinajstić information content (AvgIpc) is 3.57. The van der Waals surface area contributed by atoms with Crippen molar-refractivity contribution >= 4 is 11.8 Å². The van der Waals surface area contributed by atoms with Crippen molar-refractivity contribution in [2.24, 2.45) is 0 Å². The summed E-state index contributed by atoms with van der Waals surface area (Å²) >= 11 is 0. The van der Waals surface area contributed by atoms with Crippen LogP contribution in [0, 0.1) is 5.82 Å². The standard InChI is InChI=1S/C27H25FN4O4/c1-27(26(34)29-15-18-5-9-20(28)10-6-18)17-32-23(14-22(30-32)24-4-3-13-36-24)25(33)31(27)16-19-7-11-21(35-2)12-8-19/h3-14H,15-17H2,1-2H3,(H,29,34)/t27-/m0/s1. The van der Waals surface area contributed by atoms with E-state index in [1.165, 1.54) is 12.1 Å². The maximum atomic E-state index is 13.7. The molecule has 0 saturated carbocycles. The van der Waals surface area contributed by atoms with Crippen LogP contribution in [0.2, 0.25) is 0 Å². The number of benzene rings is 2. The number of nitrogens with one attached hydrogen (secondary N) is 1. The molecule has 36 heavy (non-hydrogen) atoms. The monoisotopic (exact) mass is 488 g/mol. The molecule has 1 N–H and O–H groups in total. The van der Waals surface area contributed by atoms with Gasteiger partial charge in [-0.05, 0) is 54.4 Å². The third kappa shape index (κ3) is 4.35. The van der Waals surface area contributed by atoms with Gasteiger partial charge in [-0.2, -0.15) is 5.10 Å². The van der Waals surface area contributed by atoms with Crippen LogP contribution in [0.4, 0.5) is 4.39 Å². The molecule has 0 bridgehead atoms. The molecule has 1 aliphatic heterocycles. The smallest absolute Gasteiger partial charge is 0.273 e. The molecule has 2 amide bonds. The van der Waals surface area contributed by atoms with Crippen molar-refractivity contribution in [2.75, 3.05) is 7.11 Å². The van der Waals surface area contributed by atoms with Gasteiger partial charge in [-0.1, -0.05) is 24.3 Å². The van der Waals surface area contributed by atoms with E-state index in [1.807, 2.05) is 24.3 Å². The highest BCUT2D eigenvalue weighted by Gasteiger charge is 2.48. The Bertz CT molecular complexity index is 1380. The van der Waals surface area contributed by atoms with Crippen molar-refractivity contribution in [3.63, 3.8) is 0 Å². The van der Waals surface area contributed by atoms with Gasteiger partial charge in [0.15, 0.2) is 5.76 Å². The van der Waals surface area contributed by atoms with Crippen molar-refractivity contribution in [1.29, 1.82) is 0 Å². The number of fused-ring (bicyclic) bond motifs is 1. The second-order valence-electron chi connectivity index (χ2n) is 8.87. The third-order valence-corrected chi connectivity index (χ3v) is 6.43. The highest BCUT2D eigenvalue weighted by Crippen LogP contribution is 2.32. The molecule has 4 aromatic rings. The van der Waals surface area contributed by atoms with E-state index in [-0.39, 0.29) is 37.3 Å². The zero-order valence-corrected chi connectivity index (χ0v) is 19.9. The molecule has 0 radical (unpaired) electrons. The summed E-state index contributed by atoms with van der Waals surface area (Å²) in [4.78, 5) is 28.9. The molecule has 0 aliphatic carbocycles. The van der Waals surface area contributed by atoms with E-state index in [4.69, 9.17) is 9.15 Å². The Labute approximate surface area is 207 Å². The summed E-state index contributed by atoms with van der Waals surface area (Å²) in [5.41, 5.74) is 1.25. The molecule has 1 atom stereocenters.